The van der Waals surface area contributed by atoms with Gasteiger partial charge < -0.3 is 24.3 Å². The summed E-state index contributed by atoms with van der Waals surface area (Å²) in [4.78, 5) is 27.6. The highest BCUT2D eigenvalue weighted by Crippen LogP contribution is 2.47. The SMILES string of the molecule is CCOc1ccc(C2C(C(=O)OC3CCCC3)=C(C)NC3=C2C(=O)CC(c2ccc(OC)cc2)C3)cc1OC. The van der Waals surface area contributed by atoms with Gasteiger partial charge in [0.2, 0.25) is 0 Å². The summed E-state index contributed by atoms with van der Waals surface area (Å²) in [6.07, 6.45) is 4.84. The molecular formula is C32H37NO6. The lowest BCUT2D eigenvalue weighted by atomic mass is 9.71. The molecule has 2 aromatic rings. The minimum absolute atomic E-state index is 0.0288. The third-order valence-corrected chi connectivity index (χ3v) is 8.03. The number of nitrogens with one attached hydrogen (secondary N) is 1. The summed E-state index contributed by atoms with van der Waals surface area (Å²) in [6.45, 7) is 4.32. The van der Waals surface area contributed by atoms with Gasteiger partial charge in [-0.15, -0.1) is 0 Å². The molecule has 2 atom stereocenters. The van der Waals surface area contributed by atoms with Crippen molar-refractivity contribution in [3.8, 4) is 17.2 Å². The topological polar surface area (TPSA) is 83.1 Å². The Morgan fingerprint density at radius 1 is 0.949 bits per heavy atom. The molecule has 1 saturated carbocycles. The first-order chi connectivity index (χ1) is 18.9. The van der Waals surface area contributed by atoms with Crippen LogP contribution in [0.5, 0.6) is 17.2 Å². The van der Waals surface area contributed by atoms with Gasteiger partial charge in [0.15, 0.2) is 17.3 Å². The molecule has 0 saturated heterocycles. The molecule has 1 N–H and O–H groups in total. The number of ketones is 1. The van der Waals surface area contributed by atoms with Gasteiger partial charge in [0.25, 0.3) is 0 Å². The Labute approximate surface area is 230 Å². The fourth-order valence-electron chi connectivity index (χ4n) is 6.11. The van der Waals surface area contributed by atoms with Crippen LogP contribution in [0.25, 0.3) is 0 Å². The van der Waals surface area contributed by atoms with Gasteiger partial charge in [-0.25, -0.2) is 4.79 Å². The minimum atomic E-state index is -0.552. The van der Waals surface area contributed by atoms with Crippen LogP contribution in [0.1, 0.15) is 75.3 Å². The summed E-state index contributed by atoms with van der Waals surface area (Å²) < 4.78 is 22.7. The number of carbonyl (C=O) groups is 2. The van der Waals surface area contributed by atoms with Gasteiger partial charge in [-0.3, -0.25) is 4.79 Å². The number of dihydropyridines is 1. The number of ether oxygens (including phenoxy) is 4. The number of esters is 1. The van der Waals surface area contributed by atoms with Crippen LogP contribution in [0.3, 0.4) is 0 Å². The summed E-state index contributed by atoms with van der Waals surface area (Å²) in [5.41, 5.74) is 4.60. The third kappa shape index (κ3) is 5.40. The van der Waals surface area contributed by atoms with Crippen LogP contribution in [0, 0.1) is 0 Å². The van der Waals surface area contributed by atoms with Crippen LogP contribution in [0.15, 0.2) is 65.0 Å². The quantitative estimate of drug-likeness (QED) is 0.422. The standard InChI is InChI=1S/C32H37NO6/c1-5-38-27-15-12-21(18-28(27)37-4)30-29(32(35)39-24-8-6-7-9-24)19(2)33-25-16-22(17-26(34)31(25)30)20-10-13-23(36-3)14-11-20/h10-15,18,22,24,30,33H,5-9,16-17H2,1-4H3. The van der Waals surface area contributed by atoms with Crippen molar-refractivity contribution in [1.29, 1.82) is 0 Å². The molecule has 2 aromatic carbocycles. The predicted octanol–water partition coefficient (Wildman–Crippen LogP) is 5.95. The lowest BCUT2D eigenvalue weighted by Gasteiger charge is -2.37. The number of carbonyl (C=O) groups excluding carboxylic acids is 2. The number of rotatable bonds is 8. The molecule has 7 heteroatoms. The highest BCUT2D eigenvalue weighted by molar-refractivity contribution is 6.04. The summed E-state index contributed by atoms with van der Waals surface area (Å²) in [5, 5.41) is 3.44. The summed E-state index contributed by atoms with van der Waals surface area (Å²) in [5.74, 6) is 1.12. The van der Waals surface area contributed by atoms with E-state index in [1.807, 2.05) is 56.3 Å². The van der Waals surface area contributed by atoms with Crippen molar-refractivity contribution in [2.45, 2.75) is 70.3 Å². The zero-order valence-corrected chi connectivity index (χ0v) is 23.2. The number of benzene rings is 2. The van der Waals surface area contributed by atoms with Crippen molar-refractivity contribution in [1.82, 2.24) is 5.32 Å². The minimum Gasteiger partial charge on any atom is -0.497 e. The Morgan fingerprint density at radius 2 is 1.67 bits per heavy atom. The Bertz CT molecular complexity index is 1300. The van der Waals surface area contributed by atoms with E-state index < -0.39 is 5.92 Å². The molecule has 2 aliphatic carbocycles. The predicted molar refractivity (Wildman–Crippen MR) is 148 cm³/mol. The highest BCUT2D eigenvalue weighted by atomic mass is 16.5. The maximum absolute atomic E-state index is 13.9. The number of Topliss-reactive ketones (excluding diaryl/α,β-unsaturated/α-hetero) is 1. The molecule has 0 radical (unpaired) electrons. The largest absolute Gasteiger partial charge is 0.497 e. The molecular weight excluding hydrogens is 494 g/mol. The molecule has 0 bridgehead atoms. The Morgan fingerprint density at radius 3 is 2.33 bits per heavy atom. The van der Waals surface area contributed by atoms with Crippen LogP contribution in [-0.2, 0) is 14.3 Å². The summed E-state index contributed by atoms with van der Waals surface area (Å²) in [6, 6.07) is 13.5. The zero-order valence-electron chi connectivity index (χ0n) is 23.2. The van der Waals surface area contributed by atoms with Crippen LogP contribution in [0.4, 0.5) is 0 Å². The third-order valence-electron chi connectivity index (χ3n) is 8.03. The number of hydrogen-bond acceptors (Lipinski definition) is 7. The lowest BCUT2D eigenvalue weighted by molar-refractivity contribution is -0.144. The van der Waals surface area contributed by atoms with Crippen molar-refractivity contribution in [2.24, 2.45) is 0 Å². The molecule has 5 rings (SSSR count). The van der Waals surface area contributed by atoms with Gasteiger partial charge in [-0.05, 0) is 87.3 Å². The molecule has 3 aliphatic rings. The summed E-state index contributed by atoms with van der Waals surface area (Å²) >= 11 is 0. The van der Waals surface area contributed by atoms with E-state index in [0.717, 1.165) is 54.0 Å². The number of methoxy groups -OCH3 is 2. The smallest absolute Gasteiger partial charge is 0.337 e. The molecule has 0 aromatic heterocycles. The average Bonchev–Trinajstić information content (AvgIpc) is 3.45. The van der Waals surface area contributed by atoms with Gasteiger partial charge in [-0.2, -0.15) is 0 Å². The first kappa shape index (κ1) is 26.9. The molecule has 206 valence electrons. The van der Waals surface area contributed by atoms with Crippen molar-refractivity contribution in [2.75, 3.05) is 20.8 Å². The van der Waals surface area contributed by atoms with E-state index in [9.17, 15) is 9.59 Å². The first-order valence-corrected chi connectivity index (χ1v) is 13.8. The molecule has 0 amide bonds. The van der Waals surface area contributed by atoms with E-state index in [2.05, 4.69) is 5.32 Å². The van der Waals surface area contributed by atoms with Crippen molar-refractivity contribution in [3.05, 3.63) is 76.1 Å². The van der Waals surface area contributed by atoms with E-state index >= 15 is 0 Å². The monoisotopic (exact) mass is 531 g/mol. The van der Waals surface area contributed by atoms with Crippen LogP contribution in [0.2, 0.25) is 0 Å². The van der Waals surface area contributed by atoms with Gasteiger partial charge in [0.05, 0.1) is 26.4 Å². The molecule has 0 spiro atoms. The van der Waals surface area contributed by atoms with Gasteiger partial charge >= 0.3 is 5.97 Å². The van der Waals surface area contributed by atoms with E-state index in [4.69, 9.17) is 18.9 Å². The summed E-state index contributed by atoms with van der Waals surface area (Å²) in [7, 11) is 3.24. The van der Waals surface area contributed by atoms with E-state index in [1.54, 1.807) is 14.2 Å². The van der Waals surface area contributed by atoms with Gasteiger partial charge in [0, 0.05) is 29.3 Å². The molecule has 1 aliphatic heterocycles. The molecule has 1 fully saturated rings. The fraction of sp³-hybridized carbons (Fsp3) is 0.438. The first-order valence-electron chi connectivity index (χ1n) is 13.8. The van der Waals surface area contributed by atoms with Crippen LogP contribution in [-0.4, -0.2) is 38.7 Å². The number of hydrogen-bond donors (Lipinski definition) is 1. The molecule has 39 heavy (non-hydrogen) atoms. The number of allylic oxidation sites excluding steroid dienone is 3. The van der Waals surface area contributed by atoms with E-state index in [-0.39, 0.29) is 23.8 Å². The van der Waals surface area contributed by atoms with Crippen molar-refractivity contribution >= 4 is 11.8 Å². The second-order valence-corrected chi connectivity index (χ2v) is 10.4. The van der Waals surface area contributed by atoms with Gasteiger partial charge in [-0.1, -0.05) is 18.2 Å². The molecule has 2 unspecified atom stereocenters. The molecule has 7 nitrogen and oxygen atoms in total. The highest BCUT2D eigenvalue weighted by Gasteiger charge is 2.42. The fourth-order valence-corrected chi connectivity index (χ4v) is 6.11. The molecule has 1 heterocycles. The van der Waals surface area contributed by atoms with E-state index in [1.165, 1.54) is 0 Å². The normalized spacial score (nSPS) is 21.4. The Hall–Kier alpha value is -3.74. The van der Waals surface area contributed by atoms with Crippen LogP contribution >= 0.6 is 0 Å². The second-order valence-electron chi connectivity index (χ2n) is 10.4. The maximum Gasteiger partial charge on any atom is 0.337 e. The van der Waals surface area contributed by atoms with Crippen molar-refractivity contribution < 1.29 is 28.5 Å². The van der Waals surface area contributed by atoms with E-state index in [0.29, 0.717) is 42.1 Å². The second kappa shape index (κ2) is 11.6. The zero-order chi connectivity index (χ0) is 27.5. The lowest BCUT2D eigenvalue weighted by Crippen LogP contribution is -2.36. The maximum atomic E-state index is 13.9. The Kier molecular flexibility index (Phi) is 7.96. The average molecular weight is 532 g/mol. The van der Waals surface area contributed by atoms with Gasteiger partial charge in [0.1, 0.15) is 11.9 Å². The Balaban J connectivity index is 1.55. The van der Waals surface area contributed by atoms with Crippen molar-refractivity contribution in [3.63, 3.8) is 0 Å². The van der Waals surface area contributed by atoms with Crippen LogP contribution < -0.4 is 19.5 Å².